The summed E-state index contributed by atoms with van der Waals surface area (Å²) in [5, 5.41) is 1.07. The van der Waals surface area contributed by atoms with Gasteiger partial charge in [0.15, 0.2) is 0 Å². The van der Waals surface area contributed by atoms with E-state index in [1.807, 2.05) is 0 Å². The van der Waals surface area contributed by atoms with Crippen LogP contribution in [0.2, 0.25) is 4.34 Å². The van der Waals surface area contributed by atoms with E-state index >= 15 is 0 Å². The highest BCUT2D eigenvalue weighted by molar-refractivity contribution is 7.15. The summed E-state index contributed by atoms with van der Waals surface area (Å²) in [5.41, 5.74) is 5.90. The molecule has 0 aromatic carbocycles. The third-order valence-corrected chi connectivity index (χ3v) is 3.64. The van der Waals surface area contributed by atoms with Crippen molar-refractivity contribution < 1.29 is 0 Å². The van der Waals surface area contributed by atoms with E-state index < -0.39 is 0 Å². The second kappa shape index (κ2) is 5.96. The zero-order chi connectivity index (χ0) is 12.2. The molecule has 0 saturated heterocycles. The van der Waals surface area contributed by atoms with Gasteiger partial charge in [0.05, 0.1) is 12.7 Å². The Balaban J connectivity index is 2.55. The van der Waals surface area contributed by atoms with Gasteiger partial charge in [-0.1, -0.05) is 32.4 Å². The van der Waals surface area contributed by atoms with Gasteiger partial charge >= 0.3 is 0 Å². The Morgan fingerprint density at radius 2 is 2.25 bits per heavy atom. The monoisotopic (exact) mass is 261 g/mol. The molecule has 16 heavy (non-hydrogen) atoms. The van der Waals surface area contributed by atoms with Crippen LogP contribution in [0.25, 0.3) is 0 Å². The molecule has 0 amide bonds. The molecule has 1 aromatic rings. The van der Waals surface area contributed by atoms with Crippen molar-refractivity contribution in [3.8, 4) is 0 Å². The van der Waals surface area contributed by atoms with Gasteiger partial charge in [-0.25, -0.2) is 4.98 Å². The van der Waals surface area contributed by atoms with E-state index in [2.05, 4.69) is 30.7 Å². The molecule has 0 saturated carbocycles. The van der Waals surface area contributed by atoms with Crippen LogP contribution in [0.4, 0.5) is 0 Å². The van der Waals surface area contributed by atoms with Crippen molar-refractivity contribution in [1.82, 2.24) is 9.88 Å². The van der Waals surface area contributed by atoms with E-state index in [-0.39, 0.29) is 5.41 Å². The van der Waals surface area contributed by atoms with Crippen LogP contribution in [0.1, 0.15) is 25.8 Å². The van der Waals surface area contributed by atoms with Crippen molar-refractivity contribution in [2.45, 2.75) is 27.3 Å². The van der Waals surface area contributed by atoms with E-state index in [9.17, 15) is 0 Å². The highest BCUT2D eigenvalue weighted by Crippen LogP contribution is 2.21. The van der Waals surface area contributed by atoms with Gasteiger partial charge in [-0.3, -0.25) is 4.90 Å². The van der Waals surface area contributed by atoms with Gasteiger partial charge in [-0.2, -0.15) is 0 Å². The van der Waals surface area contributed by atoms with Crippen molar-refractivity contribution in [2.75, 3.05) is 19.6 Å². The average molecular weight is 262 g/mol. The number of nitrogens with two attached hydrogens (primary N) is 1. The van der Waals surface area contributed by atoms with Crippen LogP contribution in [0.5, 0.6) is 0 Å². The first kappa shape index (κ1) is 13.9. The fraction of sp³-hybridized carbons (Fsp3) is 0.727. The first-order chi connectivity index (χ1) is 7.46. The predicted molar refractivity (Wildman–Crippen MR) is 70.9 cm³/mol. The third kappa shape index (κ3) is 4.37. The minimum Gasteiger partial charge on any atom is -0.330 e. The largest absolute Gasteiger partial charge is 0.330 e. The van der Waals surface area contributed by atoms with E-state index in [0.29, 0.717) is 6.54 Å². The van der Waals surface area contributed by atoms with E-state index in [1.54, 1.807) is 17.5 Å². The van der Waals surface area contributed by atoms with Crippen molar-refractivity contribution in [2.24, 2.45) is 11.1 Å². The molecule has 1 heterocycles. The van der Waals surface area contributed by atoms with Crippen LogP contribution in [-0.2, 0) is 6.54 Å². The van der Waals surface area contributed by atoms with Crippen LogP contribution in [0, 0.1) is 5.41 Å². The molecule has 0 bridgehead atoms. The number of aromatic nitrogens is 1. The summed E-state index contributed by atoms with van der Waals surface area (Å²) >= 11 is 7.41. The minimum atomic E-state index is 0.150. The Bertz CT molecular complexity index is 325. The van der Waals surface area contributed by atoms with Crippen LogP contribution in [-0.4, -0.2) is 29.5 Å². The summed E-state index contributed by atoms with van der Waals surface area (Å²) in [5.74, 6) is 0. The van der Waals surface area contributed by atoms with Crippen LogP contribution in [0.3, 0.4) is 0 Å². The maximum absolute atomic E-state index is 5.86. The highest BCUT2D eigenvalue weighted by atomic mass is 35.5. The Kier molecular flexibility index (Phi) is 5.18. The fourth-order valence-corrected chi connectivity index (χ4v) is 2.50. The molecular formula is C11H20ClN3S. The van der Waals surface area contributed by atoms with Gasteiger partial charge in [0.2, 0.25) is 0 Å². The molecule has 0 fully saturated rings. The lowest BCUT2D eigenvalue weighted by atomic mass is 9.93. The standard InChI is InChI=1S/C11H20ClN3S/c1-4-15(8-11(2,3)7-13)6-10-14-5-9(12)16-10/h5H,4,6-8,13H2,1-3H3. The van der Waals surface area contributed by atoms with Gasteiger partial charge in [-0.05, 0) is 18.5 Å². The molecule has 0 aliphatic rings. The number of thiazole rings is 1. The van der Waals surface area contributed by atoms with Crippen LogP contribution < -0.4 is 5.73 Å². The van der Waals surface area contributed by atoms with Crippen molar-refractivity contribution in [3.63, 3.8) is 0 Å². The SMILES string of the molecule is CCN(Cc1ncc(Cl)s1)CC(C)(C)CN. The molecular weight excluding hydrogens is 242 g/mol. The minimum absolute atomic E-state index is 0.150. The maximum Gasteiger partial charge on any atom is 0.113 e. The molecule has 3 nitrogen and oxygen atoms in total. The molecule has 0 radical (unpaired) electrons. The zero-order valence-corrected chi connectivity index (χ0v) is 11.7. The van der Waals surface area contributed by atoms with Gasteiger partial charge < -0.3 is 5.73 Å². The Hall–Kier alpha value is -0.160. The smallest absolute Gasteiger partial charge is 0.113 e. The summed E-state index contributed by atoms with van der Waals surface area (Å²) in [4.78, 5) is 6.62. The molecule has 5 heteroatoms. The van der Waals surface area contributed by atoms with E-state index in [0.717, 1.165) is 29.0 Å². The Morgan fingerprint density at radius 1 is 1.56 bits per heavy atom. The van der Waals surface area contributed by atoms with Crippen molar-refractivity contribution in [1.29, 1.82) is 0 Å². The molecule has 1 rings (SSSR count). The van der Waals surface area contributed by atoms with Crippen LogP contribution in [0.15, 0.2) is 6.20 Å². The molecule has 0 aliphatic carbocycles. The van der Waals surface area contributed by atoms with Crippen molar-refractivity contribution >= 4 is 22.9 Å². The summed E-state index contributed by atoms with van der Waals surface area (Å²) in [6.45, 7) is 10.1. The van der Waals surface area contributed by atoms with Gasteiger partial charge in [0.25, 0.3) is 0 Å². The lowest BCUT2D eigenvalue weighted by Gasteiger charge is -2.30. The number of hydrogen-bond acceptors (Lipinski definition) is 4. The number of nitrogens with zero attached hydrogens (tertiary/aromatic N) is 2. The zero-order valence-electron chi connectivity index (χ0n) is 10.2. The molecule has 0 spiro atoms. The van der Waals surface area contributed by atoms with Crippen LogP contribution >= 0.6 is 22.9 Å². The fourth-order valence-electron chi connectivity index (χ4n) is 1.50. The molecule has 0 aliphatic heterocycles. The normalized spacial score (nSPS) is 12.4. The lowest BCUT2D eigenvalue weighted by Crippen LogP contribution is -2.38. The molecule has 0 atom stereocenters. The molecule has 2 N–H and O–H groups in total. The van der Waals surface area contributed by atoms with E-state index in [1.165, 1.54) is 0 Å². The van der Waals surface area contributed by atoms with Gasteiger partial charge in [0.1, 0.15) is 9.34 Å². The average Bonchev–Trinajstić information content (AvgIpc) is 2.63. The Labute approximate surface area is 107 Å². The summed E-state index contributed by atoms with van der Waals surface area (Å²) in [7, 11) is 0. The highest BCUT2D eigenvalue weighted by Gasteiger charge is 2.20. The van der Waals surface area contributed by atoms with E-state index in [4.69, 9.17) is 17.3 Å². The second-order valence-corrected chi connectivity index (χ2v) is 6.48. The van der Waals surface area contributed by atoms with Gasteiger partial charge in [-0.15, -0.1) is 11.3 Å². The summed E-state index contributed by atoms with van der Waals surface area (Å²) in [6.07, 6.45) is 1.71. The summed E-state index contributed by atoms with van der Waals surface area (Å²) in [6, 6.07) is 0. The lowest BCUT2D eigenvalue weighted by molar-refractivity contribution is 0.183. The Morgan fingerprint density at radius 3 is 2.69 bits per heavy atom. The third-order valence-electron chi connectivity index (χ3n) is 2.54. The molecule has 92 valence electrons. The second-order valence-electron chi connectivity index (χ2n) is 4.73. The quantitative estimate of drug-likeness (QED) is 0.856. The number of hydrogen-bond donors (Lipinski definition) is 1. The summed E-state index contributed by atoms with van der Waals surface area (Å²) < 4.78 is 0.754. The number of rotatable bonds is 6. The van der Waals surface area contributed by atoms with Crippen molar-refractivity contribution in [3.05, 3.63) is 15.5 Å². The number of halogens is 1. The van der Waals surface area contributed by atoms with Gasteiger partial charge in [0, 0.05) is 6.54 Å². The molecule has 0 unspecified atom stereocenters. The predicted octanol–water partition coefficient (Wildman–Crippen LogP) is 2.60. The first-order valence-corrected chi connectivity index (χ1v) is 6.69. The molecule has 1 aromatic heterocycles. The maximum atomic E-state index is 5.86. The topological polar surface area (TPSA) is 42.2 Å². The first-order valence-electron chi connectivity index (χ1n) is 5.49.